The van der Waals surface area contributed by atoms with Crippen LogP contribution < -0.4 is 4.74 Å². The van der Waals surface area contributed by atoms with Gasteiger partial charge in [-0.2, -0.15) is 0 Å². The summed E-state index contributed by atoms with van der Waals surface area (Å²) in [5.74, 6) is 1.21. The van der Waals surface area contributed by atoms with E-state index in [0.717, 1.165) is 29.7 Å². The van der Waals surface area contributed by atoms with Gasteiger partial charge in [-0.05, 0) is 31.0 Å². The third-order valence-electron chi connectivity index (χ3n) is 3.36. The van der Waals surface area contributed by atoms with Crippen molar-refractivity contribution in [3.05, 3.63) is 35.7 Å². The molecular formula is C16H21N3O3S. The van der Waals surface area contributed by atoms with Crippen LogP contribution in [0.25, 0.3) is 0 Å². The smallest absolute Gasteiger partial charge is 0.304 e. The van der Waals surface area contributed by atoms with Crippen LogP contribution in [0.1, 0.15) is 31.7 Å². The molecule has 0 spiro atoms. The van der Waals surface area contributed by atoms with Crippen molar-refractivity contribution in [3.63, 3.8) is 0 Å². The highest BCUT2D eigenvalue weighted by Crippen LogP contribution is 2.19. The number of nitrogens with zero attached hydrogens (tertiary/aromatic N) is 3. The maximum Gasteiger partial charge on any atom is 0.304 e. The van der Waals surface area contributed by atoms with Crippen LogP contribution >= 0.6 is 11.8 Å². The molecule has 0 radical (unpaired) electrons. The van der Waals surface area contributed by atoms with Gasteiger partial charge in [0.25, 0.3) is 0 Å². The predicted octanol–water partition coefficient (Wildman–Crippen LogP) is 3.01. The molecule has 1 heterocycles. The number of thioether (sulfide) groups is 1. The van der Waals surface area contributed by atoms with Crippen molar-refractivity contribution in [2.75, 3.05) is 5.75 Å². The van der Waals surface area contributed by atoms with Crippen molar-refractivity contribution < 1.29 is 14.6 Å². The van der Waals surface area contributed by atoms with Gasteiger partial charge in [-0.15, -0.1) is 10.2 Å². The molecule has 2 rings (SSSR count). The molecule has 6 nitrogen and oxygen atoms in total. The molecule has 1 N–H and O–H groups in total. The standard InChI is InChI=1S/C16H21N3O3S/c1-3-12-5-7-13(8-6-12)22-11-14-17-18-16(19(14)4-2)23-10-9-15(20)21/h5-8H,3-4,9-11H2,1-2H3,(H,20,21). The van der Waals surface area contributed by atoms with Crippen molar-refractivity contribution in [1.29, 1.82) is 0 Å². The fourth-order valence-electron chi connectivity index (χ4n) is 2.05. The summed E-state index contributed by atoms with van der Waals surface area (Å²) in [5, 5.41) is 17.7. The van der Waals surface area contributed by atoms with Crippen molar-refractivity contribution >= 4 is 17.7 Å². The van der Waals surface area contributed by atoms with Crippen molar-refractivity contribution in [3.8, 4) is 5.75 Å². The second-order valence-corrected chi connectivity index (χ2v) is 5.98. The number of benzene rings is 1. The number of ether oxygens (including phenoxy) is 1. The van der Waals surface area contributed by atoms with Crippen LogP contribution in [-0.4, -0.2) is 31.6 Å². The van der Waals surface area contributed by atoms with Crippen LogP contribution in [-0.2, 0) is 24.4 Å². The quantitative estimate of drug-likeness (QED) is 0.710. The number of hydrogen-bond acceptors (Lipinski definition) is 5. The lowest BCUT2D eigenvalue weighted by atomic mass is 10.2. The highest BCUT2D eigenvalue weighted by molar-refractivity contribution is 7.99. The van der Waals surface area contributed by atoms with Gasteiger partial charge in [-0.25, -0.2) is 0 Å². The monoisotopic (exact) mass is 335 g/mol. The van der Waals surface area contributed by atoms with E-state index in [-0.39, 0.29) is 6.42 Å². The molecule has 0 saturated carbocycles. The molecule has 23 heavy (non-hydrogen) atoms. The first-order valence-electron chi connectivity index (χ1n) is 7.62. The summed E-state index contributed by atoms with van der Waals surface area (Å²) in [6.45, 7) is 5.18. The minimum absolute atomic E-state index is 0.108. The minimum atomic E-state index is -0.806. The second kappa shape index (κ2) is 8.57. The third kappa shape index (κ3) is 4.99. The van der Waals surface area contributed by atoms with Gasteiger partial charge in [-0.3, -0.25) is 4.79 Å². The summed E-state index contributed by atoms with van der Waals surface area (Å²) in [6, 6.07) is 8.00. The normalized spacial score (nSPS) is 10.7. The van der Waals surface area contributed by atoms with Crippen LogP contribution in [0.5, 0.6) is 5.75 Å². The van der Waals surface area contributed by atoms with E-state index in [9.17, 15) is 4.79 Å². The summed E-state index contributed by atoms with van der Waals surface area (Å²) in [7, 11) is 0. The van der Waals surface area contributed by atoms with Gasteiger partial charge >= 0.3 is 5.97 Å². The maximum absolute atomic E-state index is 10.6. The van der Waals surface area contributed by atoms with Crippen molar-refractivity contribution in [1.82, 2.24) is 14.8 Å². The van der Waals surface area contributed by atoms with Crippen LogP contribution in [0.2, 0.25) is 0 Å². The van der Waals surface area contributed by atoms with Crippen LogP contribution in [0, 0.1) is 0 Å². The zero-order valence-corrected chi connectivity index (χ0v) is 14.2. The fraction of sp³-hybridized carbons (Fsp3) is 0.438. The van der Waals surface area contributed by atoms with Crippen molar-refractivity contribution in [2.24, 2.45) is 0 Å². The van der Waals surface area contributed by atoms with Gasteiger partial charge in [-0.1, -0.05) is 30.8 Å². The van der Waals surface area contributed by atoms with Gasteiger partial charge < -0.3 is 14.4 Å². The lowest BCUT2D eigenvalue weighted by Gasteiger charge is -2.09. The van der Waals surface area contributed by atoms with E-state index in [4.69, 9.17) is 9.84 Å². The summed E-state index contributed by atoms with van der Waals surface area (Å²) in [6.07, 6.45) is 1.11. The molecule has 2 aromatic rings. The highest BCUT2D eigenvalue weighted by atomic mass is 32.2. The largest absolute Gasteiger partial charge is 0.486 e. The molecule has 0 fully saturated rings. The number of carboxylic acids is 1. The Labute approximate surface area is 139 Å². The molecule has 124 valence electrons. The number of aryl methyl sites for hydroxylation is 1. The first-order chi connectivity index (χ1) is 11.1. The molecule has 0 amide bonds. The third-order valence-corrected chi connectivity index (χ3v) is 4.32. The average molecular weight is 335 g/mol. The minimum Gasteiger partial charge on any atom is -0.486 e. The second-order valence-electron chi connectivity index (χ2n) is 4.92. The maximum atomic E-state index is 10.6. The predicted molar refractivity (Wildman–Crippen MR) is 88.8 cm³/mol. The molecule has 0 bridgehead atoms. The van der Waals surface area contributed by atoms with E-state index in [1.807, 2.05) is 35.8 Å². The van der Waals surface area contributed by atoms with Crippen LogP contribution in [0.4, 0.5) is 0 Å². The fourth-order valence-corrected chi connectivity index (χ4v) is 3.00. The number of rotatable bonds is 9. The molecule has 0 aliphatic carbocycles. The van der Waals surface area contributed by atoms with Gasteiger partial charge in [0.05, 0.1) is 6.42 Å². The molecule has 0 unspecified atom stereocenters. The number of aliphatic carboxylic acids is 1. The molecule has 0 atom stereocenters. The van der Waals surface area contributed by atoms with Crippen molar-refractivity contribution in [2.45, 2.75) is 45.0 Å². The molecule has 0 saturated heterocycles. The van der Waals surface area contributed by atoms with E-state index in [1.54, 1.807) is 0 Å². The van der Waals surface area contributed by atoms with Gasteiger partial charge in [0.2, 0.25) is 0 Å². The number of carbonyl (C=O) groups is 1. The zero-order chi connectivity index (χ0) is 16.7. The SMILES string of the molecule is CCc1ccc(OCc2nnc(SCCC(=O)O)n2CC)cc1. The first kappa shape index (κ1) is 17.3. The lowest BCUT2D eigenvalue weighted by molar-refractivity contribution is -0.136. The molecule has 0 aliphatic heterocycles. The Balaban J connectivity index is 1.96. The number of aromatic nitrogens is 3. The Bertz CT molecular complexity index is 641. The Morgan fingerprint density at radius 3 is 2.61 bits per heavy atom. The highest BCUT2D eigenvalue weighted by Gasteiger charge is 2.12. The van der Waals surface area contributed by atoms with E-state index in [0.29, 0.717) is 12.4 Å². The summed E-state index contributed by atoms with van der Waals surface area (Å²) >= 11 is 1.40. The van der Waals surface area contributed by atoms with E-state index in [1.165, 1.54) is 17.3 Å². The Hall–Kier alpha value is -2.02. The average Bonchev–Trinajstić information content (AvgIpc) is 2.95. The number of carboxylic acid groups (broad SMARTS) is 1. The lowest BCUT2D eigenvalue weighted by Crippen LogP contribution is -2.07. The molecule has 0 aliphatic rings. The molecular weight excluding hydrogens is 314 g/mol. The van der Waals surface area contributed by atoms with E-state index < -0.39 is 5.97 Å². The van der Waals surface area contributed by atoms with Gasteiger partial charge in [0.1, 0.15) is 12.4 Å². The Kier molecular flexibility index (Phi) is 6.46. The molecule has 7 heteroatoms. The Morgan fingerprint density at radius 2 is 2.00 bits per heavy atom. The van der Waals surface area contributed by atoms with Gasteiger partial charge in [0.15, 0.2) is 11.0 Å². The topological polar surface area (TPSA) is 77.2 Å². The van der Waals surface area contributed by atoms with Crippen LogP contribution in [0.15, 0.2) is 29.4 Å². The summed E-state index contributed by atoms with van der Waals surface area (Å²) < 4.78 is 7.71. The number of hydrogen-bond donors (Lipinski definition) is 1. The van der Waals surface area contributed by atoms with Crippen LogP contribution in [0.3, 0.4) is 0 Å². The first-order valence-corrected chi connectivity index (χ1v) is 8.61. The Morgan fingerprint density at radius 1 is 1.26 bits per heavy atom. The van der Waals surface area contributed by atoms with Gasteiger partial charge in [0, 0.05) is 12.3 Å². The van der Waals surface area contributed by atoms with E-state index in [2.05, 4.69) is 17.1 Å². The summed E-state index contributed by atoms with van der Waals surface area (Å²) in [4.78, 5) is 10.6. The zero-order valence-electron chi connectivity index (χ0n) is 13.4. The van der Waals surface area contributed by atoms with E-state index >= 15 is 0 Å². The summed E-state index contributed by atoms with van der Waals surface area (Å²) in [5.41, 5.74) is 1.27. The molecule has 1 aromatic carbocycles. The molecule has 1 aromatic heterocycles.